The lowest BCUT2D eigenvalue weighted by Crippen LogP contribution is -2.60. The number of nitrogens with zero attached hydrogens (tertiary/aromatic N) is 2. The summed E-state index contributed by atoms with van der Waals surface area (Å²) < 4.78 is 0. The molecule has 0 saturated carbocycles. The fourth-order valence-electron chi connectivity index (χ4n) is 3.46. The molecule has 0 bridgehead atoms. The van der Waals surface area contributed by atoms with Gasteiger partial charge in [0, 0.05) is 36.6 Å². The normalized spacial score (nSPS) is 15.4. The number of aliphatic hydroxyl groups is 1. The standard InChI is InChI=1S/C22H34N8O6/c1-11(2)4-15(23)19(32)30-18(12(3)31)21(34)28-16(5-13-7-24-9-26-13)20(33)29-17(22(35)36)6-14-8-25-10-27-14/h7-12,15-18,31H,4-6,23H2,1-3H3,(H,24,26)(H,25,27)(H,28,34)(H,29,33)(H,30,32)(H,35,36). The van der Waals surface area contributed by atoms with Crippen LogP contribution in [-0.4, -0.2) is 84.1 Å². The molecule has 0 fully saturated rings. The lowest BCUT2D eigenvalue weighted by atomic mass is 10.0. The summed E-state index contributed by atoms with van der Waals surface area (Å²) in [6, 6.07) is -4.83. The predicted molar refractivity (Wildman–Crippen MR) is 127 cm³/mol. The smallest absolute Gasteiger partial charge is 0.326 e. The molecule has 2 heterocycles. The van der Waals surface area contributed by atoms with Gasteiger partial charge in [0.15, 0.2) is 0 Å². The fourth-order valence-corrected chi connectivity index (χ4v) is 3.46. The molecule has 0 aliphatic carbocycles. The molecule has 14 heteroatoms. The highest BCUT2D eigenvalue weighted by Gasteiger charge is 2.33. The number of carboxylic acids is 1. The van der Waals surface area contributed by atoms with Crippen molar-refractivity contribution in [2.24, 2.45) is 11.7 Å². The molecule has 0 spiro atoms. The Morgan fingerprint density at radius 2 is 1.42 bits per heavy atom. The zero-order valence-electron chi connectivity index (χ0n) is 20.4. The van der Waals surface area contributed by atoms with Crippen LogP contribution in [0, 0.1) is 5.92 Å². The Hall–Kier alpha value is -3.78. The number of H-pyrrole nitrogens is 2. The highest BCUT2D eigenvalue weighted by molar-refractivity contribution is 5.94. The van der Waals surface area contributed by atoms with Gasteiger partial charge in [-0.15, -0.1) is 0 Å². The minimum atomic E-state index is -1.40. The number of carbonyl (C=O) groups excluding carboxylic acids is 3. The number of amides is 3. The third-order valence-electron chi connectivity index (χ3n) is 5.33. The van der Waals surface area contributed by atoms with Gasteiger partial charge >= 0.3 is 5.97 Å². The zero-order chi connectivity index (χ0) is 26.8. The number of aliphatic carboxylic acids is 1. The number of hydrogen-bond donors (Lipinski definition) is 8. The van der Waals surface area contributed by atoms with Crippen molar-refractivity contribution in [3.63, 3.8) is 0 Å². The Kier molecular flexibility index (Phi) is 10.5. The van der Waals surface area contributed by atoms with Crippen LogP contribution in [0.1, 0.15) is 38.6 Å². The maximum absolute atomic E-state index is 13.1. The molecule has 5 unspecified atom stereocenters. The molecular formula is C22H34N8O6. The Balaban J connectivity index is 2.17. The predicted octanol–water partition coefficient (Wildman–Crippen LogP) is -1.79. The first-order valence-corrected chi connectivity index (χ1v) is 11.5. The van der Waals surface area contributed by atoms with Crippen molar-refractivity contribution < 1.29 is 29.4 Å². The molecule has 0 radical (unpaired) electrons. The molecule has 0 aliphatic rings. The van der Waals surface area contributed by atoms with Crippen LogP contribution < -0.4 is 21.7 Å². The average Bonchev–Trinajstić information content (AvgIpc) is 3.49. The van der Waals surface area contributed by atoms with E-state index in [9.17, 15) is 29.4 Å². The first kappa shape index (κ1) is 28.5. The topological polar surface area (TPSA) is 228 Å². The second-order valence-corrected chi connectivity index (χ2v) is 8.99. The second-order valence-electron chi connectivity index (χ2n) is 8.99. The van der Waals surface area contributed by atoms with Gasteiger partial charge in [0.05, 0.1) is 24.8 Å². The molecule has 0 aliphatic heterocycles. The van der Waals surface area contributed by atoms with Crippen molar-refractivity contribution in [2.75, 3.05) is 0 Å². The number of nitrogens with two attached hydrogens (primary N) is 1. The SMILES string of the molecule is CC(C)CC(N)C(=O)NC(C(=O)NC(Cc1cnc[nH]1)C(=O)NC(Cc1cnc[nH]1)C(=O)O)C(C)O. The first-order chi connectivity index (χ1) is 17.0. The highest BCUT2D eigenvalue weighted by Crippen LogP contribution is 2.06. The van der Waals surface area contributed by atoms with Crippen LogP contribution in [0.3, 0.4) is 0 Å². The summed E-state index contributed by atoms with van der Waals surface area (Å²) in [5.74, 6) is -3.38. The molecule has 0 aromatic carbocycles. The average molecular weight is 507 g/mol. The lowest BCUT2D eigenvalue weighted by molar-refractivity contribution is -0.142. The number of aromatic amines is 2. The number of imidazole rings is 2. The molecule has 36 heavy (non-hydrogen) atoms. The summed E-state index contributed by atoms with van der Waals surface area (Å²) in [4.78, 5) is 63.6. The first-order valence-electron chi connectivity index (χ1n) is 11.5. The largest absolute Gasteiger partial charge is 0.480 e. The van der Waals surface area contributed by atoms with E-state index >= 15 is 0 Å². The van der Waals surface area contributed by atoms with Crippen molar-refractivity contribution >= 4 is 23.7 Å². The third-order valence-corrected chi connectivity index (χ3v) is 5.33. The minimum absolute atomic E-state index is 0.0543. The van der Waals surface area contributed by atoms with Gasteiger partial charge in [0.25, 0.3) is 0 Å². The van der Waals surface area contributed by atoms with Gasteiger partial charge in [-0.2, -0.15) is 0 Å². The van der Waals surface area contributed by atoms with E-state index in [1.54, 1.807) is 0 Å². The van der Waals surface area contributed by atoms with E-state index in [0.29, 0.717) is 17.8 Å². The molecule has 3 amide bonds. The number of aromatic nitrogens is 4. The van der Waals surface area contributed by atoms with Crippen LogP contribution in [0.2, 0.25) is 0 Å². The minimum Gasteiger partial charge on any atom is -0.480 e. The van der Waals surface area contributed by atoms with Crippen LogP contribution in [0.25, 0.3) is 0 Å². The number of rotatable bonds is 14. The lowest BCUT2D eigenvalue weighted by Gasteiger charge is -2.26. The number of hydrogen-bond acceptors (Lipinski definition) is 8. The molecule has 2 aromatic rings. The molecule has 2 rings (SSSR count). The number of nitrogens with one attached hydrogen (secondary N) is 5. The summed E-state index contributed by atoms with van der Waals surface area (Å²) in [5.41, 5.74) is 6.87. The van der Waals surface area contributed by atoms with E-state index in [1.165, 1.54) is 32.0 Å². The van der Waals surface area contributed by atoms with Gasteiger partial charge < -0.3 is 41.9 Å². The number of carboxylic acid groups (broad SMARTS) is 1. The van der Waals surface area contributed by atoms with Crippen LogP contribution in [0.4, 0.5) is 0 Å². The van der Waals surface area contributed by atoms with Gasteiger partial charge in [-0.05, 0) is 19.3 Å². The van der Waals surface area contributed by atoms with Crippen molar-refractivity contribution in [1.82, 2.24) is 35.9 Å². The quantitative estimate of drug-likeness (QED) is 0.144. The van der Waals surface area contributed by atoms with Gasteiger partial charge in [0.2, 0.25) is 17.7 Å². The van der Waals surface area contributed by atoms with E-state index in [1.807, 2.05) is 13.8 Å². The van der Waals surface area contributed by atoms with Crippen molar-refractivity contribution in [2.45, 2.75) is 70.3 Å². The Morgan fingerprint density at radius 3 is 1.86 bits per heavy atom. The van der Waals surface area contributed by atoms with Gasteiger partial charge in [0.1, 0.15) is 18.1 Å². The summed E-state index contributed by atoms with van der Waals surface area (Å²) in [5, 5.41) is 27.1. The van der Waals surface area contributed by atoms with Crippen LogP contribution in [0.15, 0.2) is 25.0 Å². The number of aliphatic hydroxyl groups excluding tert-OH is 1. The van der Waals surface area contributed by atoms with E-state index < -0.39 is 54.0 Å². The van der Waals surface area contributed by atoms with Crippen LogP contribution in [-0.2, 0) is 32.0 Å². The van der Waals surface area contributed by atoms with E-state index in [0.717, 1.165) is 0 Å². The highest BCUT2D eigenvalue weighted by atomic mass is 16.4. The van der Waals surface area contributed by atoms with Crippen molar-refractivity contribution in [3.05, 3.63) is 36.4 Å². The maximum Gasteiger partial charge on any atom is 0.326 e. The van der Waals surface area contributed by atoms with Crippen LogP contribution >= 0.6 is 0 Å². The molecule has 9 N–H and O–H groups in total. The summed E-state index contributed by atoms with van der Waals surface area (Å²) in [7, 11) is 0. The molecule has 2 aromatic heterocycles. The van der Waals surface area contributed by atoms with Gasteiger partial charge in [-0.25, -0.2) is 14.8 Å². The zero-order valence-corrected chi connectivity index (χ0v) is 20.4. The molecule has 14 nitrogen and oxygen atoms in total. The third kappa shape index (κ3) is 8.78. The van der Waals surface area contributed by atoms with Crippen molar-refractivity contribution in [3.8, 4) is 0 Å². The molecule has 5 atom stereocenters. The molecule has 0 saturated heterocycles. The fraction of sp³-hybridized carbons (Fsp3) is 0.545. The Morgan fingerprint density at radius 1 is 0.889 bits per heavy atom. The van der Waals surface area contributed by atoms with Gasteiger partial charge in [-0.1, -0.05) is 13.8 Å². The van der Waals surface area contributed by atoms with E-state index in [4.69, 9.17) is 5.73 Å². The van der Waals surface area contributed by atoms with E-state index in [2.05, 4.69) is 35.9 Å². The van der Waals surface area contributed by atoms with Crippen LogP contribution in [0.5, 0.6) is 0 Å². The summed E-state index contributed by atoms with van der Waals surface area (Å²) in [6.07, 6.45) is 4.61. The molecular weight excluding hydrogens is 472 g/mol. The Labute approximate surface area is 207 Å². The molecule has 198 valence electrons. The monoisotopic (exact) mass is 506 g/mol. The van der Waals surface area contributed by atoms with Gasteiger partial charge in [-0.3, -0.25) is 14.4 Å². The second kappa shape index (κ2) is 13.3. The maximum atomic E-state index is 13.1. The Bertz CT molecular complexity index is 992. The number of carbonyl (C=O) groups is 4. The van der Waals surface area contributed by atoms with Crippen molar-refractivity contribution in [1.29, 1.82) is 0 Å². The van der Waals surface area contributed by atoms with E-state index in [-0.39, 0.29) is 18.8 Å². The summed E-state index contributed by atoms with van der Waals surface area (Å²) in [6.45, 7) is 5.09. The summed E-state index contributed by atoms with van der Waals surface area (Å²) >= 11 is 0.